The monoisotopic (exact) mass is 416 g/mol. The molecule has 1 fully saturated rings. The Morgan fingerprint density at radius 2 is 1.86 bits per heavy atom. The smallest absolute Gasteiger partial charge is 0.246 e. The molecular formula is C22H28N2O4S. The van der Waals surface area contributed by atoms with E-state index in [0.29, 0.717) is 30.3 Å². The summed E-state index contributed by atoms with van der Waals surface area (Å²) in [6, 6.07) is 7.21. The van der Waals surface area contributed by atoms with E-state index < -0.39 is 10.0 Å². The number of piperidine rings is 1. The predicted octanol–water partition coefficient (Wildman–Crippen LogP) is 3.44. The third kappa shape index (κ3) is 5.36. The minimum Gasteiger partial charge on any atom is -0.465 e. The Balaban J connectivity index is 1.52. The highest BCUT2D eigenvalue weighted by molar-refractivity contribution is 7.89. The van der Waals surface area contributed by atoms with Crippen molar-refractivity contribution in [3.05, 3.63) is 59.1 Å². The van der Waals surface area contributed by atoms with Crippen molar-refractivity contribution in [1.29, 1.82) is 0 Å². The Kier molecular flexibility index (Phi) is 6.59. The number of hydrogen-bond donors (Lipinski definition) is 1. The van der Waals surface area contributed by atoms with Gasteiger partial charge in [-0.2, -0.15) is 0 Å². The highest BCUT2D eigenvalue weighted by Crippen LogP contribution is 2.22. The van der Waals surface area contributed by atoms with E-state index in [2.05, 4.69) is 4.72 Å². The molecule has 1 N–H and O–H groups in total. The number of furan rings is 1. The zero-order valence-corrected chi connectivity index (χ0v) is 18.0. The van der Waals surface area contributed by atoms with Crippen LogP contribution in [0.15, 0.2) is 45.9 Å². The van der Waals surface area contributed by atoms with E-state index in [1.165, 1.54) is 6.08 Å². The number of nitrogens with one attached hydrogen (secondary N) is 1. The van der Waals surface area contributed by atoms with Crippen molar-refractivity contribution in [3.8, 4) is 0 Å². The summed E-state index contributed by atoms with van der Waals surface area (Å²) in [6.07, 6.45) is 6.29. The lowest BCUT2D eigenvalue weighted by atomic mass is 9.97. The van der Waals surface area contributed by atoms with Gasteiger partial charge in [0.25, 0.3) is 0 Å². The molecule has 0 aliphatic carbocycles. The number of carbonyl (C=O) groups is 1. The first-order chi connectivity index (χ1) is 13.8. The number of hydrogen-bond acceptors (Lipinski definition) is 4. The van der Waals surface area contributed by atoms with Crippen molar-refractivity contribution in [2.45, 2.75) is 38.5 Å². The molecule has 0 radical (unpaired) electrons. The molecule has 1 amide bonds. The number of nitrogens with zero attached hydrogens (tertiary/aromatic N) is 1. The summed E-state index contributed by atoms with van der Waals surface area (Å²) in [7, 11) is -3.55. The van der Waals surface area contributed by atoms with Gasteiger partial charge in [-0.3, -0.25) is 4.79 Å². The molecule has 1 aliphatic heterocycles. The van der Waals surface area contributed by atoms with Gasteiger partial charge in [0.1, 0.15) is 5.76 Å². The maximum atomic E-state index is 12.7. The predicted molar refractivity (Wildman–Crippen MR) is 113 cm³/mol. The van der Waals surface area contributed by atoms with E-state index in [9.17, 15) is 13.2 Å². The van der Waals surface area contributed by atoms with E-state index >= 15 is 0 Å². The number of rotatable bonds is 6. The molecule has 6 nitrogen and oxygen atoms in total. The van der Waals surface area contributed by atoms with Gasteiger partial charge >= 0.3 is 0 Å². The summed E-state index contributed by atoms with van der Waals surface area (Å²) in [5.74, 6) is 0.810. The van der Waals surface area contributed by atoms with Crippen LogP contribution in [0, 0.1) is 26.7 Å². The average molecular weight is 417 g/mol. The van der Waals surface area contributed by atoms with Crippen LogP contribution < -0.4 is 4.72 Å². The highest BCUT2D eigenvalue weighted by atomic mass is 32.2. The first-order valence-corrected chi connectivity index (χ1v) is 11.3. The second kappa shape index (κ2) is 8.97. The van der Waals surface area contributed by atoms with Gasteiger partial charge < -0.3 is 9.32 Å². The van der Waals surface area contributed by atoms with Gasteiger partial charge in [0.15, 0.2) is 0 Å². The van der Waals surface area contributed by atoms with Crippen molar-refractivity contribution >= 4 is 22.0 Å². The number of likely N-dealkylation sites (tertiary alicyclic amines) is 1. The van der Waals surface area contributed by atoms with Crippen LogP contribution in [0.3, 0.4) is 0 Å². The fourth-order valence-electron chi connectivity index (χ4n) is 3.53. The van der Waals surface area contributed by atoms with Crippen LogP contribution in [-0.4, -0.2) is 38.9 Å². The summed E-state index contributed by atoms with van der Waals surface area (Å²) < 4.78 is 33.4. The van der Waals surface area contributed by atoms with Gasteiger partial charge in [-0.05, 0) is 80.5 Å². The van der Waals surface area contributed by atoms with Crippen LogP contribution in [0.5, 0.6) is 0 Å². The van der Waals surface area contributed by atoms with Crippen LogP contribution in [0.2, 0.25) is 0 Å². The Bertz CT molecular complexity index is 986. The van der Waals surface area contributed by atoms with Gasteiger partial charge in [0.2, 0.25) is 15.9 Å². The average Bonchev–Trinajstić information content (AvgIpc) is 3.21. The quantitative estimate of drug-likeness (QED) is 0.732. The number of carbonyl (C=O) groups excluding carboxylic acids is 1. The number of amides is 1. The number of sulfonamides is 1. The topological polar surface area (TPSA) is 79.6 Å². The third-order valence-electron chi connectivity index (χ3n) is 5.50. The molecule has 0 saturated carbocycles. The van der Waals surface area contributed by atoms with E-state index in [-0.39, 0.29) is 11.8 Å². The molecule has 0 atom stereocenters. The normalized spacial score (nSPS) is 15.9. The maximum absolute atomic E-state index is 12.7. The molecule has 1 aromatic carbocycles. The second-order valence-corrected chi connectivity index (χ2v) is 9.41. The molecular weight excluding hydrogens is 388 g/mol. The minimum absolute atomic E-state index is 0.0498. The molecule has 29 heavy (non-hydrogen) atoms. The van der Waals surface area contributed by atoms with E-state index in [0.717, 1.165) is 29.5 Å². The van der Waals surface area contributed by atoms with Crippen LogP contribution >= 0.6 is 0 Å². The standard InChI is InChI=1S/C22H28N2O4S/c1-16-13-18(3)21(14-17(16)2)29(26,27)23-15-19-8-10-24(11-9-19)22(25)7-6-20-5-4-12-28-20/h4-7,12-14,19,23H,8-11,15H2,1-3H3/b7-6+. The van der Waals surface area contributed by atoms with Gasteiger partial charge in [0.05, 0.1) is 11.2 Å². The highest BCUT2D eigenvalue weighted by Gasteiger charge is 2.24. The molecule has 3 rings (SSSR count). The second-order valence-electron chi connectivity index (χ2n) is 7.67. The SMILES string of the molecule is Cc1cc(C)c(S(=O)(=O)NCC2CCN(C(=O)/C=C/c3ccco3)CC2)cc1C. The van der Waals surface area contributed by atoms with E-state index in [4.69, 9.17) is 4.42 Å². The first kappa shape index (κ1) is 21.3. The van der Waals surface area contributed by atoms with E-state index in [1.807, 2.05) is 26.8 Å². The molecule has 2 heterocycles. The summed E-state index contributed by atoms with van der Waals surface area (Å²) in [5.41, 5.74) is 2.80. The fourth-order valence-corrected chi connectivity index (χ4v) is 4.96. The number of benzene rings is 1. The van der Waals surface area contributed by atoms with Crippen LogP contribution in [-0.2, 0) is 14.8 Å². The molecule has 156 valence electrons. The largest absolute Gasteiger partial charge is 0.465 e. The zero-order chi connectivity index (χ0) is 21.0. The molecule has 0 bridgehead atoms. The Hall–Kier alpha value is -2.38. The molecule has 0 unspecified atom stereocenters. The van der Waals surface area contributed by atoms with Crippen LogP contribution in [0.25, 0.3) is 6.08 Å². The first-order valence-electron chi connectivity index (χ1n) is 9.84. The van der Waals surface area contributed by atoms with Crippen molar-refractivity contribution < 1.29 is 17.6 Å². The molecule has 1 saturated heterocycles. The van der Waals surface area contributed by atoms with Crippen LogP contribution in [0.1, 0.15) is 35.3 Å². The molecule has 0 spiro atoms. The third-order valence-corrected chi connectivity index (χ3v) is 7.07. The van der Waals surface area contributed by atoms with Crippen molar-refractivity contribution in [2.75, 3.05) is 19.6 Å². The Morgan fingerprint density at radius 3 is 2.52 bits per heavy atom. The molecule has 7 heteroatoms. The Morgan fingerprint density at radius 1 is 1.17 bits per heavy atom. The van der Waals surface area contributed by atoms with Crippen molar-refractivity contribution in [3.63, 3.8) is 0 Å². The van der Waals surface area contributed by atoms with Gasteiger partial charge in [0, 0.05) is 25.7 Å². The van der Waals surface area contributed by atoms with Crippen molar-refractivity contribution in [1.82, 2.24) is 9.62 Å². The molecule has 1 aliphatic rings. The van der Waals surface area contributed by atoms with E-state index in [1.54, 1.807) is 35.4 Å². The minimum atomic E-state index is -3.55. The summed E-state index contributed by atoms with van der Waals surface area (Å²) in [6.45, 7) is 7.35. The lowest BCUT2D eigenvalue weighted by Gasteiger charge is -2.31. The molecule has 1 aromatic heterocycles. The van der Waals surface area contributed by atoms with Crippen LogP contribution in [0.4, 0.5) is 0 Å². The molecule has 2 aromatic rings. The Labute approximate surface area is 172 Å². The van der Waals surface area contributed by atoms with Crippen molar-refractivity contribution in [2.24, 2.45) is 5.92 Å². The fraction of sp³-hybridized carbons (Fsp3) is 0.409. The maximum Gasteiger partial charge on any atom is 0.246 e. The van der Waals surface area contributed by atoms with Gasteiger partial charge in [-0.1, -0.05) is 6.07 Å². The summed E-state index contributed by atoms with van der Waals surface area (Å²) >= 11 is 0. The van der Waals surface area contributed by atoms with Gasteiger partial charge in [-0.15, -0.1) is 0 Å². The van der Waals surface area contributed by atoms with Gasteiger partial charge in [-0.25, -0.2) is 13.1 Å². The number of aryl methyl sites for hydroxylation is 3. The lowest BCUT2D eigenvalue weighted by Crippen LogP contribution is -2.41. The lowest BCUT2D eigenvalue weighted by molar-refractivity contribution is -0.127. The summed E-state index contributed by atoms with van der Waals surface area (Å²) in [5, 5.41) is 0. The summed E-state index contributed by atoms with van der Waals surface area (Å²) in [4.78, 5) is 14.4. The zero-order valence-electron chi connectivity index (χ0n) is 17.1.